The molecule has 0 saturated heterocycles. The fraction of sp³-hybridized carbons (Fsp3) is 0.812. The summed E-state index contributed by atoms with van der Waals surface area (Å²) in [5.41, 5.74) is 0.674. The Bertz CT molecular complexity index is 419. The number of aliphatic hydroxyl groups is 1. The minimum atomic E-state index is -0.674. The molecule has 2 unspecified atom stereocenters. The molecule has 0 bridgehead atoms. The van der Waals surface area contributed by atoms with Crippen molar-refractivity contribution in [3.63, 3.8) is 0 Å². The first kappa shape index (κ1) is 14.6. The van der Waals surface area contributed by atoms with Crippen LogP contribution in [0.3, 0.4) is 0 Å². The molecule has 3 nitrogen and oxygen atoms in total. The second-order valence-electron chi connectivity index (χ2n) is 7.06. The molecule has 3 heteroatoms. The maximum atomic E-state index is 11.0. The fourth-order valence-electron chi connectivity index (χ4n) is 3.43. The van der Waals surface area contributed by atoms with E-state index in [9.17, 15) is 5.11 Å². The van der Waals surface area contributed by atoms with E-state index < -0.39 is 5.60 Å². The Balaban J connectivity index is 2.18. The van der Waals surface area contributed by atoms with E-state index in [4.69, 9.17) is 0 Å². The van der Waals surface area contributed by atoms with Crippen LogP contribution >= 0.6 is 0 Å². The first-order valence-corrected chi connectivity index (χ1v) is 7.61. The lowest BCUT2D eigenvalue weighted by Crippen LogP contribution is -2.29. The molecule has 0 aliphatic heterocycles. The quantitative estimate of drug-likeness (QED) is 0.827. The van der Waals surface area contributed by atoms with Crippen LogP contribution < -0.4 is 0 Å². The average molecular weight is 264 g/mol. The van der Waals surface area contributed by atoms with E-state index in [0.717, 1.165) is 37.9 Å². The number of aryl methyl sites for hydroxylation is 1. The molecule has 108 valence electrons. The molecule has 0 spiro atoms. The van der Waals surface area contributed by atoms with Gasteiger partial charge in [-0.1, -0.05) is 20.8 Å². The summed E-state index contributed by atoms with van der Waals surface area (Å²) in [4.78, 5) is 0. The molecule has 1 aromatic heterocycles. The van der Waals surface area contributed by atoms with Crippen LogP contribution in [0, 0.1) is 11.3 Å². The molecule has 0 aromatic carbocycles. The molecule has 19 heavy (non-hydrogen) atoms. The number of hydrogen-bond donors (Lipinski definition) is 1. The van der Waals surface area contributed by atoms with Crippen LogP contribution in [0.15, 0.2) is 12.3 Å². The molecule has 1 fully saturated rings. The Morgan fingerprint density at radius 1 is 1.37 bits per heavy atom. The second kappa shape index (κ2) is 5.28. The molecule has 1 N–H and O–H groups in total. The summed E-state index contributed by atoms with van der Waals surface area (Å²) in [7, 11) is 0. The average Bonchev–Trinajstić information content (AvgIpc) is 2.72. The van der Waals surface area contributed by atoms with Crippen molar-refractivity contribution in [1.82, 2.24) is 9.78 Å². The molecular formula is C16H28N2O. The Kier molecular flexibility index (Phi) is 4.05. The second-order valence-corrected chi connectivity index (χ2v) is 7.06. The Morgan fingerprint density at radius 2 is 2.11 bits per heavy atom. The third-order valence-corrected chi connectivity index (χ3v) is 4.77. The highest BCUT2D eigenvalue weighted by atomic mass is 16.3. The lowest BCUT2D eigenvalue weighted by Gasteiger charge is -2.31. The first-order valence-electron chi connectivity index (χ1n) is 7.61. The summed E-state index contributed by atoms with van der Waals surface area (Å²) >= 11 is 0. The minimum absolute atomic E-state index is 0.344. The molecular weight excluding hydrogens is 236 g/mol. The molecule has 1 aromatic rings. The van der Waals surface area contributed by atoms with Gasteiger partial charge < -0.3 is 5.11 Å². The van der Waals surface area contributed by atoms with Crippen LogP contribution in [-0.4, -0.2) is 14.9 Å². The van der Waals surface area contributed by atoms with E-state index in [-0.39, 0.29) is 0 Å². The van der Waals surface area contributed by atoms with Crippen molar-refractivity contribution in [1.29, 1.82) is 0 Å². The van der Waals surface area contributed by atoms with Crippen LogP contribution in [0.5, 0.6) is 0 Å². The molecule has 2 rings (SSSR count). The van der Waals surface area contributed by atoms with Gasteiger partial charge in [-0.3, -0.25) is 4.68 Å². The van der Waals surface area contributed by atoms with E-state index in [1.807, 2.05) is 16.9 Å². The van der Waals surface area contributed by atoms with Gasteiger partial charge >= 0.3 is 0 Å². The van der Waals surface area contributed by atoms with Gasteiger partial charge in [-0.05, 0) is 56.4 Å². The van der Waals surface area contributed by atoms with Gasteiger partial charge in [0.2, 0.25) is 0 Å². The van der Waals surface area contributed by atoms with E-state index in [1.165, 1.54) is 6.42 Å². The standard InChI is InChI=1S/C16H28N2O/c1-5-18-14(9-12-17-18)16(19)10-6-7-13(8-11-16)15(2,3)4/h9,12-13,19H,5-8,10-11H2,1-4H3. The zero-order valence-corrected chi connectivity index (χ0v) is 12.8. The van der Waals surface area contributed by atoms with Crippen LogP contribution in [0.2, 0.25) is 0 Å². The van der Waals surface area contributed by atoms with Crippen molar-refractivity contribution in [2.45, 2.75) is 71.9 Å². The summed E-state index contributed by atoms with van der Waals surface area (Å²) in [5, 5.41) is 15.4. The zero-order chi connectivity index (χ0) is 14.1. The number of nitrogens with zero attached hydrogens (tertiary/aromatic N) is 2. The Morgan fingerprint density at radius 3 is 2.74 bits per heavy atom. The summed E-state index contributed by atoms with van der Waals surface area (Å²) in [6, 6.07) is 1.99. The smallest absolute Gasteiger partial charge is 0.106 e. The maximum Gasteiger partial charge on any atom is 0.106 e. The maximum absolute atomic E-state index is 11.0. The highest BCUT2D eigenvalue weighted by molar-refractivity contribution is 5.12. The van der Waals surface area contributed by atoms with Gasteiger partial charge in [-0.15, -0.1) is 0 Å². The van der Waals surface area contributed by atoms with Gasteiger partial charge in [0, 0.05) is 12.7 Å². The van der Waals surface area contributed by atoms with E-state index in [1.54, 1.807) is 0 Å². The summed E-state index contributed by atoms with van der Waals surface area (Å²) in [6.45, 7) is 9.86. The van der Waals surface area contributed by atoms with E-state index in [2.05, 4.69) is 32.8 Å². The number of rotatable bonds is 2. The summed E-state index contributed by atoms with van der Waals surface area (Å²) in [6.07, 6.45) is 6.98. The normalized spacial score (nSPS) is 29.2. The van der Waals surface area contributed by atoms with Crippen LogP contribution in [0.1, 0.15) is 65.5 Å². The highest BCUT2D eigenvalue weighted by Crippen LogP contribution is 2.43. The van der Waals surface area contributed by atoms with Crippen molar-refractivity contribution in [3.05, 3.63) is 18.0 Å². The monoisotopic (exact) mass is 264 g/mol. The SMILES string of the molecule is CCn1nccc1C1(O)CCCC(C(C)(C)C)CC1. The lowest BCUT2D eigenvalue weighted by atomic mass is 9.76. The predicted molar refractivity (Wildman–Crippen MR) is 77.8 cm³/mol. The molecule has 0 radical (unpaired) electrons. The van der Waals surface area contributed by atoms with Gasteiger partial charge in [0.25, 0.3) is 0 Å². The van der Waals surface area contributed by atoms with Gasteiger partial charge in [-0.2, -0.15) is 5.10 Å². The largest absolute Gasteiger partial charge is 0.384 e. The molecule has 2 atom stereocenters. The van der Waals surface area contributed by atoms with Crippen LogP contribution in [0.25, 0.3) is 0 Å². The topological polar surface area (TPSA) is 38.0 Å². The lowest BCUT2D eigenvalue weighted by molar-refractivity contribution is 0.00943. The Labute approximate surface area is 117 Å². The van der Waals surface area contributed by atoms with Gasteiger partial charge in [0.1, 0.15) is 5.60 Å². The molecule has 0 amide bonds. The van der Waals surface area contributed by atoms with Crippen molar-refractivity contribution in [2.24, 2.45) is 11.3 Å². The third kappa shape index (κ3) is 3.02. The molecule has 1 aliphatic rings. The summed E-state index contributed by atoms with van der Waals surface area (Å²) < 4.78 is 1.94. The first-order chi connectivity index (χ1) is 8.87. The van der Waals surface area contributed by atoms with Crippen LogP contribution in [-0.2, 0) is 12.1 Å². The number of aromatic nitrogens is 2. The van der Waals surface area contributed by atoms with Gasteiger partial charge in [0.05, 0.1) is 5.69 Å². The van der Waals surface area contributed by atoms with Gasteiger partial charge in [0.15, 0.2) is 0 Å². The predicted octanol–water partition coefficient (Wildman–Crippen LogP) is 3.72. The van der Waals surface area contributed by atoms with Crippen molar-refractivity contribution < 1.29 is 5.11 Å². The van der Waals surface area contributed by atoms with Crippen molar-refractivity contribution in [2.75, 3.05) is 0 Å². The van der Waals surface area contributed by atoms with Crippen molar-refractivity contribution in [3.8, 4) is 0 Å². The third-order valence-electron chi connectivity index (χ3n) is 4.77. The highest BCUT2D eigenvalue weighted by Gasteiger charge is 2.37. The molecule has 1 saturated carbocycles. The van der Waals surface area contributed by atoms with E-state index >= 15 is 0 Å². The van der Waals surface area contributed by atoms with Crippen LogP contribution in [0.4, 0.5) is 0 Å². The number of hydrogen-bond acceptors (Lipinski definition) is 2. The Hall–Kier alpha value is -0.830. The zero-order valence-electron chi connectivity index (χ0n) is 12.8. The van der Waals surface area contributed by atoms with E-state index in [0.29, 0.717) is 11.3 Å². The minimum Gasteiger partial charge on any atom is -0.384 e. The fourth-order valence-corrected chi connectivity index (χ4v) is 3.43. The summed E-state index contributed by atoms with van der Waals surface area (Å²) in [5.74, 6) is 0.708. The molecule has 1 aliphatic carbocycles. The molecule has 1 heterocycles. The van der Waals surface area contributed by atoms with Crippen molar-refractivity contribution >= 4 is 0 Å². The van der Waals surface area contributed by atoms with Gasteiger partial charge in [-0.25, -0.2) is 0 Å².